The normalized spacial score (nSPS) is 11.3. The molecule has 4 N–H and O–H groups in total. The zero-order valence-corrected chi connectivity index (χ0v) is 15.1. The maximum absolute atomic E-state index is 13.6. The van der Waals surface area contributed by atoms with Crippen LogP contribution in [0.25, 0.3) is 5.69 Å². The highest BCUT2D eigenvalue weighted by molar-refractivity contribution is 6.30. The first kappa shape index (κ1) is 19.6. The summed E-state index contributed by atoms with van der Waals surface area (Å²) in [7, 11) is 0. The van der Waals surface area contributed by atoms with Crippen LogP contribution in [0.5, 0.6) is 0 Å². The highest BCUT2D eigenvalue weighted by Gasteiger charge is 2.39. The number of hydrogen-bond acceptors (Lipinski definition) is 3. The average Bonchev–Trinajstić information content (AvgIpc) is 3.05. The van der Waals surface area contributed by atoms with Crippen molar-refractivity contribution in [2.45, 2.75) is 12.7 Å². The monoisotopic (exact) mass is 409 g/mol. The van der Waals surface area contributed by atoms with Crippen molar-refractivity contribution in [1.29, 1.82) is 0 Å². The van der Waals surface area contributed by atoms with Crippen molar-refractivity contribution < 1.29 is 18.0 Å². The van der Waals surface area contributed by atoms with E-state index in [0.717, 1.165) is 6.20 Å². The lowest BCUT2D eigenvalue weighted by molar-refractivity contribution is -0.142. The van der Waals surface area contributed by atoms with E-state index in [0.29, 0.717) is 21.0 Å². The fourth-order valence-corrected chi connectivity index (χ4v) is 2.65. The van der Waals surface area contributed by atoms with E-state index in [4.69, 9.17) is 17.3 Å². The number of para-hydroxylation sites is 1. The summed E-state index contributed by atoms with van der Waals surface area (Å²) in [5.41, 5.74) is 5.46. The zero-order chi connectivity index (χ0) is 20.3. The number of nitrogens with two attached hydrogens (primary N) is 1. The van der Waals surface area contributed by atoms with Crippen LogP contribution in [-0.2, 0) is 12.7 Å². The Labute approximate surface area is 163 Å². The molecule has 2 aromatic carbocycles. The summed E-state index contributed by atoms with van der Waals surface area (Å²) < 4.78 is 41.5. The van der Waals surface area contributed by atoms with Crippen LogP contribution in [0.15, 0.2) is 54.7 Å². The number of nitrogens with one attached hydrogen (secondary N) is 2. The number of benzene rings is 2. The third-order valence-corrected chi connectivity index (χ3v) is 4.10. The molecule has 0 spiro atoms. The Morgan fingerprint density at radius 2 is 1.82 bits per heavy atom. The molecule has 0 fully saturated rings. The summed E-state index contributed by atoms with van der Waals surface area (Å²) in [4.78, 5) is 12.1. The van der Waals surface area contributed by atoms with E-state index in [1.54, 1.807) is 24.3 Å². The molecule has 0 saturated heterocycles. The van der Waals surface area contributed by atoms with Gasteiger partial charge in [-0.05, 0) is 35.9 Å². The molecular formula is C18H15ClF3N5O. The maximum Gasteiger partial charge on any atom is 0.435 e. The molecule has 0 saturated carbocycles. The van der Waals surface area contributed by atoms with E-state index in [-0.39, 0.29) is 12.2 Å². The van der Waals surface area contributed by atoms with Crippen LogP contribution >= 0.6 is 11.6 Å². The molecule has 0 aliphatic rings. The largest absolute Gasteiger partial charge is 0.435 e. The number of nitrogen functional groups attached to an aromatic ring is 1. The highest BCUT2D eigenvalue weighted by atomic mass is 35.5. The molecule has 1 aromatic heterocycles. The number of hydrogen-bond donors (Lipinski definition) is 3. The lowest BCUT2D eigenvalue weighted by Crippen LogP contribution is -2.29. The van der Waals surface area contributed by atoms with E-state index in [1.807, 2.05) is 0 Å². The van der Waals surface area contributed by atoms with Gasteiger partial charge >= 0.3 is 12.2 Å². The first-order valence-electron chi connectivity index (χ1n) is 8.05. The van der Waals surface area contributed by atoms with Gasteiger partial charge in [-0.25, -0.2) is 9.48 Å². The molecule has 2 amide bonds. The topological polar surface area (TPSA) is 85.0 Å². The van der Waals surface area contributed by atoms with Gasteiger partial charge in [0, 0.05) is 17.3 Å². The zero-order valence-electron chi connectivity index (χ0n) is 14.3. The van der Waals surface area contributed by atoms with Crippen molar-refractivity contribution >= 4 is 29.0 Å². The molecule has 3 aromatic rings. The van der Waals surface area contributed by atoms with Gasteiger partial charge in [0.05, 0.1) is 17.6 Å². The molecule has 0 aliphatic carbocycles. The number of carbonyl (C=O) groups excluding carboxylic acids is 1. The second-order valence-electron chi connectivity index (χ2n) is 5.80. The minimum Gasteiger partial charge on any atom is -0.398 e. The minimum absolute atomic E-state index is 0.0607. The third-order valence-electron chi connectivity index (χ3n) is 3.85. The Morgan fingerprint density at radius 1 is 1.14 bits per heavy atom. The number of urea groups is 1. The molecular weight excluding hydrogens is 395 g/mol. The lowest BCUT2D eigenvalue weighted by atomic mass is 10.2. The van der Waals surface area contributed by atoms with Gasteiger partial charge in [-0.15, -0.1) is 0 Å². The van der Waals surface area contributed by atoms with Crippen molar-refractivity contribution in [1.82, 2.24) is 15.1 Å². The molecule has 3 rings (SSSR count). The predicted molar refractivity (Wildman–Crippen MR) is 100 cm³/mol. The molecule has 1 heterocycles. The minimum atomic E-state index is -4.75. The number of amides is 2. The van der Waals surface area contributed by atoms with Gasteiger partial charge in [0.1, 0.15) is 0 Å². The van der Waals surface area contributed by atoms with E-state index in [9.17, 15) is 18.0 Å². The molecule has 0 aliphatic heterocycles. The Bertz CT molecular complexity index is 986. The Kier molecular flexibility index (Phi) is 5.46. The van der Waals surface area contributed by atoms with Crippen LogP contribution < -0.4 is 16.4 Å². The van der Waals surface area contributed by atoms with E-state index < -0.39 is 23.6 Å². The van der Waals surface area contributed by atoms with Gasteiger partial charge in [0.25, 0.3) is 0 Å². The summed E-state index contributed by atoms with van der Waals surface area (Å²) in [6, 6.07) is 11.7. The highest BCUT2D eigenvalue weighted by Crippen LogP contribution is 2.36. The fraction of sp³-hybridized carbons (Fsp3) is 0.111. The van der Waals surface area contributed by atoms with Crippen LogP contribution in [0.2, 0.25) is 5.02 Å². The van der Waals surface area contributed by atoms with Crippen molar-refractivity contribution in [3.8, 4) is 5.69 Å². The van der Waals surface area contributed by atoms with Crippen molar-refractivity contribution in [2.24, 2.45) is 0 Å². The predicted octanol–water partition coefficient (Wildman–Crippen LogP) is 4.45. The molecule has 146 valence electrons. The molecule has 0 radical (unpaired) electrons. The van der Waals surface area contributed by atoms with Crippen LogP contribution in [0.1, 0.15) is 11.3 Å². The van der Waals surface area contributed by atoms with Crippen LogP contribution in [-0.4, -0.2) is 15.8 Å². The number of aromatic nitrogens is 2. The number of nitrogens with zero attached hydrogens (tertiary/aromatic N) is 2. The molecule has 6 nitrogen and oxygen atoms in total. The number of carbonyl (C=O) groups is 1. The molecule has 0 unspecified atom stereocenters. The van der Waals surface area contributed by atoms with E-state index >= 15 is 0 Å². The van der Waals surface area contributed by atoms with Gasteiger partial charge in [0.15, 0.2) is 5.69 Å². The maximum atomic E-state index is 13.6. The van der Waals surface area contributed by atoms with Gasteiger partial charge in [-0.1, -0.05) is 29.8 Å². The van der Waals surface area contributed by atoms with Crippen LogP contribution in [0, 0.1) is 0 Å². The van der Waals surface area contributed by atoms with Gasteiger partial charge in [-0.2, -0.15) is 18.3 Å². The van der Waals surface area contributed by atoms with Gasteiger partial charge in [-0.3, -0.25) is 0 Å². The second-order valence-corrected chi connectivity index (χ2v) is 6.24. The first-order chi connectivity index (χ1) is 13.3. The average molecular weight is 410 g/mol. The standard InChI is InChI=1S/C18H15ClF3N5O/c19-12-5-7-13(8-6-12)27-16(18(20,21)22)15(10-25-27)26-17(28)24-9-11-3-1-2-4-14(11)23/h1-8,10H,9,23H2,(H2,24,26,28). The Morgan fingerprint density at radius 3 is 2.46 bits per heavy atom. The molecule has 0 bridgehead atoms. The summed E-state index contributed by atoms with van der Waals surface area (Å²) in [5.74, 6) is 0. The fourth-order valence-electron chi connectivity index (χ4n) is 2.53. The molecule has 10 heteroatoms. The SMILES string of the molecule is Nc1ccccc1CNC(=O)Nc1cnn(-c2ccc(Cl)cc2)c1C(F)(F)F. The summed E-state index contributed by atoms with van der Waals surface area (Å²) in [6.07, 6.45) is -3.81. The quantitative estimate of drug-likeness (QED) is 0.556. The van der Waals surface area contributed by atoms with Crippen LogP contribution in [0.4, 0.5) is 29.3 Å². The summed E-state index contributed by atoms with van der Waals surface area (Å²) >= 11 is 5.77. The molecule has 0 atom stereocenters. The van der Waals surface area contributed by atoms with Gasteiger partial charge in [0.2, 0.25) is 0 Å². The number of rotatable bonds is 4. The lowest BCUT2D eigenvalue weighted by Gasteiger charge is -2.14. The van der Waals surface area contributed by atoms with Crippen LogP contribution in [0.3, 0.4) is 0 Å². The van der Waals surface area contributed by atoms with E-state index in [2.05, 4.69) is 15.7 Å². The number of alkyl halides is 3. The summed E-state index contributed by atoms with van der Waals surface area (Å²) in [5, 5.41) is 8.80. The Balaban J connectivity index is 1.81. The Hall–Kier alpha value is -3.20. The molecule has 28 heavy (non-hydrogen) atoms. The van der Waals surface area contributed by atoms with Crippen molar-refractivity contribution in [2.75, 3.05) is 11.1 Å². The second kappa shape index (κ2) is 7.81. The first-order valence-corrected chi connectivity index (χ1v) is 8.43. The number of anilines is 2. The third kappa shape index (κ3) is 4.37. The number of halogens is 4. The van der Waals surface area contributed by atoms with Crippen molar-refractivity contribution in [3.63, 3.8) is 0 Å². The smallest absolute Gasteiger partial charge is 0.398 e. The summed E-state index contributed by atoms with van der Waals surface area (Å²) in [6.45, 7) is 0.0607. The van der Waals surface area contributed by atoms with E-state index in [1.165, 1.54) is 24.3 Å². The van der Waals surface area contributed by atoms with Gasteiger partial charge < -0.3 is 16.4 Å². The van der Waals surface area contributed by atoms with Crippen molar-refractivity contribution in [3.05, 3.63) is 71.0 Å².